The highest BCUT2D eigenvalue weighted by atomic mass is 35.5. The summed E-state index contributed by atoms with van der Waals surface area (Å²) in [7, 11) is 11.3. The molecule has 35 heteroatoms. The largest absolute Gasteiger partial charge is 0.480 e. The topological polar surface area (TPSA) is 372 Å². The molecule has 10 N–H and O–H groups in total. The number of likely N-dealkylation sites (N-methyl/N-ethyl adjacent to an activating group) is 3. The first kappa shape index (κ1) is 98.0. The molecule has 1 aromatic heterocycles. The number of nitrogens with two attached hydrogens (primary N) is 1. The number of nitrogens with one attached hydrogen (secondary N) is 7. The van der Waals surface area contributed by atoms with Crippen molar-refractivity contribution in [1.29, 1.82) is 0 Å². The number of aromatic nitrogens is 1. The molecule has 0 saturated carbocycles. The van der Waals surface area contributed by atoms with Gasteiger partial charge >= 0.3 is 24.2 Å². The lowest BCUT2D eigenvalue weighted by Gasteiger charge is -2.33. The molecular weight excluding hydrogens is 1500 g/mol. The van der Waals surface area contributed by atoms with E-state index in [1.54, 1.807) is 11.0 Å². The second-order valence-corrected chi connectivity index (χ2v) is 32.1. The lowest BCUT2D eigenvalue weighted by Crippen LogP contribution is -2.49. The van der Waals surface area contributed by atoms with Crippen LogP contribution in [0.1, 0.15) is 159 Å². The zero-order valence-electron chi connectivity index (χ0n) is 66.8. The SMILES string of the molecule is CC(C)(C)OC(=O)NC1CCN(C(=O)CCl)CC1.CC(C)(C)OC(=O)NC1CCNCC1.CN(C)CC(=O)N1CCC(N)CC1.CN(C)CC(=O)N1CCC(NC(=O)OC(C)(C)C)CC1.Cc1[nH]c(/C=C2\C(=O)Nc3ccc(F)cc32)c(C)c1C(=O)NC1CCN(C(=O)CN(C)C)CC1.O=C(Cl)CCl.O=C(O)CCl. The van der Waals surface area contributed by atoms with E-state index in [4.69, 9.17) is 71.5 Å². The Kier molecular flexibility index (Phi) is 43.7. The van der Waals surface area contributed by atoms with Crippen LogP contribution in [-0.4, -0.2) is 301 Å². The second-order valence-electron chi connectivity index (χ2n) is 30.8. The molecule has 5 saturated heterocycles. The molecule has 0 aliphatic carbocycles. The number of halogens is 5. The summed E-state index contributed by atoms with van der Waals surface area (Å²) in [5, 5.41) is 24.7. The van der Waals surface area contributed by atoms with Crippen LogP contribution in [0.15, 0.2) is 18.2 Å². The van der Waals surface area contributed by atoms with Crippen LogP contribution in [0.2, 0.25) is 0 Å². The van der Waals surface area contributed by atoms with Gasteiger partial charge < -0.3 is 96.2 Å². The third-order valence-corrected chi connectivity index (χ3v) is 17.7. The number of carboxylic acid groups (broad SMARTS) is 1. The highest BCUT2D eigenvalue weighted by molar-refractivity contribution is 6.67. The van der Waals surface area contributed by atoms with E-state index in [0.29, 0.717) is 112 Å². The third-order valence-electron chi connectivity index (χ3n) is 16.7. The molecule has 5 fully saturated rings. The van der Waals surface area contributed by atoms with E-state index in [9.17, 15) is 57.1 Å². The predicted molar refractivity (Wildman–Crippen MR) is 424 cm³/mol. The lowest BCUT2D eigenvalue weighted by atomic mass is 10.0. The first-order chi connectivity index (χ1) is 50.7. The van der Waals surface area contributed by atoms with Gasteiger partial charge in [0.2, 0.25) is 28.9 Å². The summed E-state index contributed by atoms with van der Waals surface area (Å²) in [6.45, 7) is 29.1. The van der Waals surface area contributed by atoms with Crippen LogP contribution in [0.5, 0.6) is 0 Å². The van der Waals surface area contributed by atoms with E-state index >= 15 is 0 Å². The monoisotopic (exact) mass is 1620 g/mol. The van der Waals surface area contributed by atoms with E-state index in [2.05, 4.69) is 36.9 Å². The number of hydrogen-bond donors (Lipinski definition) is 9. The van der Waals surface area contributed by atoms with E-state index in [1.165, 1.54) is 18.2 Å². The summed E-state index contributed by atoms with van der Waals surface area (Å²) in [5.41, 5.74) is 8.37. The minimum atomic E-state index is -0.980. The summed E-state index contributed by atoms with van der Waals surface area (Å²) in [5.74, 6) is -1.87. The molecule has 0 unspecified atom stereocenters. The van der Waals surface area contributed by atoms with Crippen molar-refractivity contribution in [3.05, 3.63) is 52.1 Å². The molecule has 0 bridgehead atoms. The number of carbonyl (C=O) groups is 11. The molecule has 0 spiro atoms. The van der Waals surface area contributed by atoms with Crippen molar-refractivity contribution in [3.63, 3.8) is 0 Å². The molecule has 8 rings (SSSR count). The van der Waals surface area contributed by atoms with Gasteiger partial charge in [0, 0.05) is 105 Å². The number of aryl methyl sites for hydroxylation is 1. The van der Waals surface area contributed by atoms with Gasteiger partial charge in [-0.3, -0.25) is 38.4 Å². The number of anilines is 1. The van der Waals surface area contributed by atoms with Crippen LogP contribution >= 0.6 is 46.4 Å². The smallest absolute Gasteiger partial charge is 0.407 e. The molecule has 0 atom stereocenters. The number of aliphatic carboxylic acids is 1. The molecule has 1 aromatic carbocycles. The number of aromatic amines is 1. The number of rotatable bonds is 15. The van der Waals surface area contributed by atoms with Gasteiger partial charge in [-0.25, -0.2) is 18.8 Å². The number of ether oxygens (including phenoxy) is 3. The molecule has 109 heavy (non-hydrogen) atoms. The number of fused-ring (bicyclic) bond motifs is 1. The van der Waals surface area contributed by atoms with Crippen molar-refractivity contribution in [2.75, 3.05) is 150 Å². The number of hydrogen-bond acceptors (Lipinski definition) is 19. The standard InChI is InChI=1S/C25H30FN5O3.C14H27N3O3.C12H21ClN2O3.C10H20N2O2.C9H19N3O.C2H2Cl2O.C2H3ClO2/c1-14-21(12-19-18-11-16(26)5-6-20(18)29-24(19)33)27-15(2)23(14)25(34)28-17-7-9-31(10-8-17)22(32)13-30(3)4;1-14(2,3)20-13(19)15-11-6-8-17(9-7-11)12(18)10-16(4)5;1-12(2,3)18-11(17)14-9-4-6-15(7-5-9)10(16)8-13;1-10(2,3)14-9(13)12-8-4-6-11-7-5-8;1-11(2)7-9(13)12-5-3-8(10)4-6-12;2*3-1-2(4)5/h5-6,11-12,17,27H,7-10,13H2,1-4H3,(H,28,34)(H,29,33);11H,6-10H2,1-5H3,(H,15,19);9H,4-8H2,1-3H3,(H,14,17);8,11H,4-7H2,1-3H3,(H,12,13);8H,3-7,10H2,1-2H3;1H2;1H2,(H,4,5)/b19-12-;;;;;;. The van der Waals surface area contributed by atoms with Gasteiger partial charge in [0.05, 0.1) is 36.7 Å². The molecule has 2 aromatic rings. The van der Waals surface area contributed by atoms with Crippen LogP contribution in [-0.2, 0) is 47.8 Å². The summed E-state index contributed by atoms with van der Waals surface area (Å²) in [4.78, 5) is 142. The molecule has 30 nitrogen and oxygen atoms in total. The predicted octanol–water partition coefficient (Wildman–Crippen LogP) is 7.41. The number of carboxylic acids is 1. The van der Waals surface area contributed by atoms with Crippen molar-refractivity contribution < 1.29 is 76.4 Å². The molecule has 7 heterocycles. The fraction of sp³-hybridized carbons (Fsp3) is 0.689. The number of alkyl carbamates (subject to hydrolysis) is 3. The van der Waals surface area contributed by atoms with Crippen LogP contribution in [0, 0.1) is 19.7 Å². The average Bonchev–Trinajstić information content (AvgIpc) is 1.64. The second kappa shape index (κ2) is 48.6. The number of H-pyrrole nitrogens is 1. The number of alkyl halides is 3. The van der Waals surface area contributed by atoms with Crippen LogP contribution in [0.3, 0.4) is 0 Å². The average molecular weight is 1620 g/mol. The Bertz CT molecular complexity index is 3270. The molecule has 9 amide bonds. The van der Waals surface area contributed by atoms with E-state index in [0.717, 1.165) is 83.1 Å². The Balaban J connectivity index is 0.000000468. The summed E-state index contributed by atoms with van der Waals surface area (Å²) in [6.07, 6.45) is 8.87. The zero-order chi connectivity index (χ0) is 82.7. The Labute approximate surface area is 663 Å². The van der Waals surface area contributed by atoms with E-state index in [-0.39, 0.29) is 89.4 Å². The maximum Gasteiger partial charge on any atom is 0.407 e. The van der Waals surface area contributed by atoms with Crippen molar-refractivity contribution in [2.24, 2.45) is 5.73 Å². The highest BCUT2D eigenvalue weighted by Gasteiger charge is 2.32. The number of benzene rings is 1. The third kappa shape index (κ3) is 41.1. The van der Waals surface area contributed by atoms with Gasteiger partial charge in [-0.1, -0.05) is 0 Å². The quantitative estimate of drug-likeness (QED) is 0.0362. The number of amides is 9. The van der Waals surface area contributed by atoms with Gasteiger partial charge in [0.1, 0.15) is 34.4 Å². The minimum absolute atomic E-state index is 0.0122. The van der Waals surface area contributed by atoms with Crippen LogP contribution in [0.25, 0.3) is 11.6 Å². The normalized spacial score (nSPS) is 16.9. The number of piperidine rings is 5. The number of likely N-dealkylation sites (tertiary alicyclic amines) is 4. The Morgan fingerprint density at radius 2 is 0.899 bits per heavy atom. The Morgan fingerprint density at radius 3 is 1.23 bits per heavy atom. The van der Waals surface area contributed by atoms with Crippen LogP contribution < -0.4 is 37.6 Å². The first-order valence-corrected chi connectivity index (χ1v) is 38.6. The van der Waals surface area contributed by atoms with E-state index < -0.39 is 39.9 Å². The summed E-state index contributed by atoms with van der Waals surface area (Å²) < 4.78 is 29.3. The van der Waals surface area contributed by atoms with Crippen molar-refractivity contribution in [3.8, 4) is 0 Å². The number of nitrogens with zero attached hydrogens (tertiary/aromatic N) is 7. The van der Waals surface area contributed by atoms with Gasteiger partial charge in [-0.05, 0) is 237 Å². The summed E-state index contributed by atoms with van der Waals surface area (Å²) in [6, 6.07) is 4.88. The van der Waals surface area contributed by atoms with Gasteiger partial charge in [0.15, 0.2) is 0 Å². The lowest BCUT2D eigenvalue weighted by molar-refractivity contribution is -0.134. The van der Waals surface area contributed by atoms with Crippen molar-refractivity contribution in [1.82, 2.24) is 65.9 Å². The maximum atomic E-state index is 13.8. The van der Waals surface area contributed by atoms with Gasteiger partial charge in [0.25, 0.3) is 11.8 Å². The fourth-order valence-corrected chi connectivity index (χ4v) is 11.7. The minimum Gasteiger partial charge on any atom is -0.480 e. The summed E-state index contributed by atoms with van der Waals surface area (Å²) >= 11 is 19.8. The fourth-order valence-electron chi connectivity index (χ4n) is 11.5. The molecule has 6 aliphatic rings. The zero-order valence-corrected chi connectivity index (χ0v) is 69.9. The van der Waals surface area contributed by atoms with Crippen molar-refractivity contribution >= 4 is 129 Å². The molecular formula is C74H122Cl4FN15O15. The van der Waals surface area contributed by atoms with Gasteiger partial charge in [-0.15, -0.1) is 34.8 Å². The number of carbonyl (C=O) groups excluding carboxylic acids is 10. The van der Waals surface area contributed by atoms with E-state index in [1.807, 2.05) is 148 Å². The highest BCUT2D eigenvalue weighted by Crippen LogP contribution is 2.35. The van der Waals surface area contributed by atoms with Crippen LogP contribution in [0.4, 0.5) is 24.5 Å². The first-order valence-electron chi connectivity index (χ1n) is 36.6. The molecule has 6 aliphatic heterocycles. The molecule has 618 valence electrons. The Morgan fingerprint density at radius 1 is 0.560 bits per heavy atom. The van der Waals surface area contributed by atoms with Gasteiger partial charge in [-0.2, -0.15) is 0 Å². The molecule has 0 radical (unpaired) electrons. The Hall–Kier alpha value is -7.10. The van der Waals surface area contributed by atoms with Crippen molar-refractivity contribution in [2.45, 2.75) is 187 Å². The maximum absolute atomic E-state index is 13.8.